The lowest BCUT2D eigenvalue weighted by atomic mass is 9.90. The maximum atomic E-state index is 2.66. The van der Waals surface area contributed by atoms with Gasteiger partial charge in [-0.15, -0.1) is 0 Å². The summed E-state index contributed by atoms with van der Waals surface area (Å²) >= 11 is 0. The van der Waals surface area contributed by atoms with Gasteiger partial charge in [0.25, 0.3) is 0 Å². The molecule has 1 saturated heterocycles. The second-order valence-electron chi connectivity index (χ2n) is 5.79. The molecule has 0 radical (unpaired) electrons. The van der Waals surface area contributed by atoms with Crippen LogP contribution < -0.4 is 0 Å². The van der Waals surface area contributed by atoms with Crippen molar-refractivity contribution in [2.75, 3.05) is 6.54 Å². The smallest absolute Gasteiger partial charge is 0.0353 e. The second-order valence-corrected chi connectivity index (χ2v) is 5.79. The largest absolute Gasteiger partial charge is 0.291 e. The van der Waals surface area contributed by atoms with Gasteiger partial charge in [-0.3, -0.25) is 4.90 Å². The Morgan fingerprint density at radius 1 is 1.06 bits per heavy atom. The first-order valence-electron chi connectivity index (χ1n) is 6.41. The third-order valence-corrected chi connectivity index (χ3v) is 3.55. The molecule has 1 atom stereocenters. The molecule has 1 fully saturated rings. The molecular weight excluding hydrogens is 194 g/mol. The fraction of sp³-hybridized carbons (Fsp3) is 0.600. The van der Waals surface area contributed by atoms with E-state index in [0.717, 1.165) is 0 Å². The first-order chi connectivity index (χ1) is 7.59. The Morgan fingerprint density at radius 3 is 2.38 bits per heavy atom. The Labute approximate surface area is 99.5 Å². The van der Waals surface area contributed by atoms with Gasteiger partial charge in [-0.25, -0.2) is 0 Å². The van der Waals surface area contributed by atoms with E-state index < -0.39 is 0 Å². The zero-order chi connectivity index (χ0) is 11.6. The average molecular weight is 217 g/mol. The van der Waals surface area contributed by atoms with E-state index in [4.69, 9.17) is 0 Å². The molecule has 2 rings (SSSR count). The molecular formula is C15H23N. The van der Waals surface area contributed by atoms with Gasteiger partial charge in [-0.1, -0.05) is 36.8 Å². The van der Waals surface area contributed by atoms with Crippen LogP contribution in [0, 0.1) is 0 Å². The van der Waals surface area contributed by atoms with E-state index in [1.165, 1.54) is 31.4 Å². The quantitative estimate of drug-likeness (QED) is 0.687. The lowest BCUT2D eigenvalue weighted by molar-refractivity contribution is 0.0509. The topological polar surface area (TPSA) is 3.24 Å². The highest BCUT2D eigenvalue weighted by atomic mass is 15.2. The van der Waals surface area contributed by atoms with Crippen LogP contribution in [0.3, 0.4) is 0 Å². The highest BCUT2D eigenvalue weighted by molar-refractivity contribution is 5.20. The molecule has 1 aliphatic heterocycles. The summed E-state index contributed by atoms with van der Waals surface area (Å²) in [7, 11) is 0. The minimum Gasteiger partial charge on any atom is -0.291 e. The van der Waals surface area contributed by atoms with Gasteiger partial charge in [0.1, 0.15) is 0 Å². The highest BCUT2D eigenvalue weighted by Crippen LogP contribution is 2.35. The normalized spacial score (nSPS) is 23.3. The van der Waals surface area contributed by atoms with Crippen molar-refractivity contribution in [3.8, 4) is 0 Å². The minimum atomic E-state index is 0.279. The highest BCUT2D eigenvalue weighted by Gasteiger charge is 2.31. The van der Waals surface area contributed by atoms with Crippen LogP contribution in [0.5, 0.6) is 0 Å². The number of nitrogens with zero attached hydrogens (tertiary/aromatic N) is 1. The minimum absolute atomic E-state index is 0.279. The maximum Gasteiger partial charge on any atom is 0.0353 e. The molecule has 0 bridgehead atoms. The first kappa shape index (κ1) is 11.7. The summed E-state index contributed by atoms with van der Waals surface area (Å²) in [4.78, 5) is 2.66. The van der Waals surface area contributed by atoms with Gasteiger partial charge >= 0.3 is 0 Å². The molecule has 0 saturated carbocycles. The zero-order valence-corrected chi connectivity index (χ0v) is 10.7. The van der Waals surface area contributed by atoms with Crippen LogP contribution in [0.1, 0.15) is 51.6 Å². The standard InChI is InChI=1S/C15H23N/c1-15(2,3)16-12-8-7-11-14(16)13-9-5-4-6-10-13/h4-6,9-10,14H,7-8,11-12H2,1-3H3/t14-/m0/s1. The number of likely N-dealkylation sites (tertiary alicyclic amines) is 1. The Hall–Kier alpha value is -0.820. The molecule has 1 aromatic rings. The lowest BCUT2D eigenvalue weighted by Crippen LogP contribution is -2.46. The van der Waals surface area contributed by atoms with Gasteiger partial charge in [0, 0.05) is 11.6 Å². The molecule has 0 aliphatic carbocycles. The monoisotopic (exact) mass is 217 g/mol. The van der Waals surface area contributed by atoms with Crippen LogP contribution in [0.25, 0.3) is 0 Å². The van der Waals surface area contributed by atoms with E-state index in [-0.39, 0.29) is 5.54 Å². The van der Waals surface area contributed by atoms with Crippen LogP contribution in [0.4, 0.5) is 0 Å². The fourth-order valence-corrected chi connectivity index (χ4v) is 2.76. The van der Waals surface area contributed by atoms with E-state index in [1.807, 2.05) is 0 Å². The molecule has 1 heterocycles. The molecule has 0 aromatic heterocycles. The molecule has 1 aromatic carbocycles. The summed E-state index contributed by atoms with van der Waals surface area (Å²) in [6.45, 7) is 8.22. The Bertz CT molecular complexity index is 323. The molecule has 1 heteroatoms. The SMILES string of the molecule is CC(C)(C)N1CCCC[C@H]1c1ccccc1. The van der Waals surface area contributed by atoms with Crippen molar-refractivity contribution in [2.24, 2.45) is 0 Å². The van der Waals surface area contributed by atoms with Crippen molar-refractivity contribution in [1.29, 1.82) is 0 Å². The van der Waals surface area contributed by atoms with Crippen LogP contribution in [-0.4, -0.2) is 17.0 Å². The molecule has 0 N–H and O–H groups in total. The summed E-state index contributed by atoms with van der Waals surface area (Å²) < 4.78 is 0. The lowest BCUT2D eigenvalue weighted by Gasteiger charge is -2.45. The van der Waals surface area contributed by atoms with E-state index in [2.05, 4.69) is 56.0 Å². The number of hydrogen-bond donors (Lipinski definition) is 0. The van der Waals surface area contributed by atoms with Gasteiger partial charge in [-0.05, 0) is 45.7 Å². The summed E-state index contributed by atoms with van der Waals surface area (Å²) in [5.74, 6) is 0. The molecule has 1 nitrogen and oxygen atoms in total. The van der Waals surface area contributed by atoms with Gasteiger partial charge in [0.2, 0.25) is 0 Å². The van der Waals surface area contributed by atoms with Crippen molar-refractivity contribution in [3.63, 3.8) is 0 Å². The Balaban J connectivity index is 2.24. The summed E-state index contributed by atoms with van der Waals surface area (Å²) in [6, 6.07) is 11.6. The Morgan fingerprint density at radius 2 is 1.75 bits per heavy atom. The van der Waals surface area contributed by atoms with Crippen LogP contribution in [0.15, 0.2) is 30.3 Å². The van der Waals surface area contributed by atoms with Gasteiger partial charge in [0.05, 0.1) is 0 Å². The predicted octanol–water partition coefficient (Wildman–Crippen LogP) is 4.01. The number of piperidine rings is 1. The molecule has 88 valence electrons. The molecule has 1 aliphatic rings. The average Bonchev–Trinajstić information content (AvgIpc) is 2.29. The van der Waals surface area contributed by atoms with Crippen molar-refractivity contribution < 1.29 is 0 Å². The van der Waals surface area contributed by atoms with E-state index in [1.54, 1.807) is 0 Å². The van der Waals surface area contributed by atoms with Crippen molar-refractivity contribution in [2.45, 2.75) is 51.6 Å². The number of hydrogen-bond acceptors (Lipinski definition) is 1. The second kappa shape index (κ2) is 4.58. The van der Waals surface area contributed by atoms with Crippen LogP contribution in [-0.2, 0) is 0 Å². The fourth-order valence-electron chi connectivity index (χ4n) is 2.76. The van der Waals surface area contributed by atoms with Gasteiger partial charge in [0.15, 0.2) is 0 Å². The van der Waals surface area contributed by atoms with Gasteiger partial charge < -0.3 is 0 Å². The first-order valence-corrected chi connectivity index (χ1v) is 6.41. The zero-order valence-electron chi connectivity index (χ0n) is 10.7. The van der Waals surface area contributed by atoms with Crippen molar-refractivity contribution in [1.82, 2.24) is 4.90 Å². The number of rotatable bonds is 1. The van der Waals surface area contributed by atoms with Gasteiger partial charge in [-0.2, -0.15) is 0 Å². The molecule has 0 unspecified atom stereocenters. The molecule has 0 amide bonds. The van der Waals surface area contributed by atoms with E-state index in [9.17, 15) is 0 Å². The van der Waals surface area contributed by atoms with Crippen molar-refractivity contribution in [3.05, 3.63) is 35.9 Å². The van der Waals surface area contributed by atoms with Crippen LogP contribution >= 0.6 is 0 Å². The summed E-state index contributed by atoms with van der Waals surface area (Å²) in [5.41, 5.74) is 1.76. The third kappa shape index (κ3) is 2.46. The summed E-state index contributed by atoms with van der Waals surface area (Å²) in [5, 5.41) is 0. The maximum absolute atomic E-state index is 2.66. The predicted molar refractivity (Wildman–Crippen MR) is 69.5 cm³/mol. The molecule has 16 heavy (non-hydrogen) atoms. The number of benzene rings is 1. The van der Waals surface area contributed by atoms with E-state index in [0.29, 0.717) is 6.04 Å². The third-order valence-electron chi connectivity index (χ3n) is 3.55. The molecule has 0 spiro atoms. The van der Waals surface area contributed by atoms with Crippen LogP contribution in [0.2, 0.25) is 0 Å². The van der Waals surface area contributed by atoms with E-state index >= 15 is 0 Å². The Kier molecular flexibility index (Phi) is 3.34. The van der Waals surface area contributed by atoms with Crippen molar-refractivity contribution >= 4 is 0 Å². The summed E-state index contributed by atoms with van der Waals surface area (Å²) in [6.07, 6.45) is 4.02.